The van der Waals surface area contributed by atoms with Crippen LogP contribution in [-0.4, -0.2) is 37.0 Å². The molecule has 0 aliphatic heterocycles. The molecular weight excluding hydrogens is 430 g/mol. The highest BCUT2D eigenvalue weighted by Gasteiger charge is 2.30. The van der Waals surface area contributed by atoms with Gasteiger partial charge in [-0.05, 0) is 36.4 Å². The van der Waals surface area contributed by atoms with E-state index in [9.17, 15) is 22.7 Å². The van der Waals surface area contributed by atoms with Gasteiger partial charge in [0, 0.05) is 34.4 Å². The summed E-state index contributed by atoms with van der Waals surface area (Å²) >= 11 is 0. The van der Waals surface area contributed by atoms with Gasteiger partial charge in [-0.25, -0.2) is 4.39 Å². The summed E-state index contributed by atoms with van der Waals surface area (Å²) in [5, 5.41) is 30.4. The summed E-state index contributed by atoms with van der Waals surface area (Å²) in [5.74, 6) is -0.469. The average Bonchev–Trinajstić information content (AvgIpc) is 2.78. The fourth-order valence-corrected chi connectivity index (χ4v) is 3.01. The minimum absolute atomic E-state index is 0.0603. The number of benzene rings is 1. The molecule has 32 heavy (non-hydrogen) atoms. The van der Waals surface area contributed by atoms with Gasteiger partial charge in [0.1, 0.15) is 11.8 Å². The molecule has 0 spiro atoms. The zero-order valence-corrected chi connectivity index (χ0v) is 16.2. The van der Waals surface area contributed by atoms with Crippen LogP contribution in [0.25, 0.3) is 22.2 Å². The molecule has 0 saturated heterocycles. The molecule has 0 amide bonds. The average molecular weight is 445 g/mol. The summed E-state index contributed by atoms with van der Waals surface area (Å²) in [6, 6.07) is 7.04. The first-order valence-electron chi connectivity index (χ1n) is 9.26. The summed E-state index contributed by atoms with van der Waals surface area (Å²) in [5.41, 5.74) is -0.133. The van der Waals surface area contributed by atoms with Crippen molar-refractivity contribution in [2.45, 2.75) is 12.3 Å². The number of nitrogens with one attached hydrogen (secondary N) is 1. The van der Waals surface area contributed by atoms with Crippen LogP contribution in [0, 0.1) is 5.82 Å². The second kappa shape index (κ2) is 8.44. The Bertz CT molecular complexity index is 1270. The normalized spacial score (nSPS) is 12.7. The maximum atomic E-state index is 14.5. The Balaban J connectivity index is 1.64. The number of hydrogen-bond donors (Lipinski definition) is 3. The minimum atomic E-state index is -4.43. The third kappa shape index (κ3) is 4.34. The van der Waals surface area contributed by atoms with Gasteiger partial charge in [-0.15, -0.1) is 5.10 Å². The Labute approximate surface area is 178 Å². The van der Waals surface area contributed by atoms with Crippen LogP contribution < -0.4 is 5.32 Å². The quantitative estimate of drug-likeness (QED) is 0.399. The van der Waals surface area contributed by atoms with Crippen LogP contribution in [0.5, 0.6) is 0 Å². The van der Waals surface area contributed by atoms with Gasteiger partial charge in [0.25, 0.3) is 0 Å². The summed E-state index contributed by atoms with van der Waals surface area (Å²) in [6.07, 6.45) is -1.59. The Morgan fingerprint density at radius 2 is 1.75 bits per heavy atom. The Morgan fingerprint density at radius 1 is 1.00 bits per heavy atom. The lowest BCUT2D eigenvalue weighted by molar-refractivity contribution is -0.137. The molecule has 1 atom stereocenters. The number of rotatable bonds is 5. The Hall–Kier alpha value is -3.70. The molecular formula is C21H15F4N5O2. The number of alkyl halides is 3. The molecule has 0 bridgehead atoms. The molecule has 0 radical (unpaired) electrons. The van der Waals surface area contributed by atoms with Gasteiger partial charge in [0.05, 0.1) is 24.1 Å². The van der Waals surface area contributed by atoms with Crippen molar-refractivity contribution < 1.29 is 27.8 Å². The van der Waals surface area contributed by atoms with E-state index in [0.717, 1.165) is 18.2 Å². The Morgan fingerprint density at radius 3 is 2.41 bits per heavy atom. The maximum absolute atomic E-state index is 14.5. The summed E-state index contributed by atoms with van der Waals surface area (Å²) in [6.45, 7) is -0.567. The van der Waals surface area contributed by atoms with Gasteiger partial charge < -0.3 is 15.5 Å². The van der Waals surface area contributed by atoms with E-state index in [-0.39, 0.29) is 22.8 Å². The van der Waals surface area contributed by atoms with E-state index < -0.39 is 30.3 Å². The highest BCUT2D eigenvalue weighted by Crippen LogP contribution is 2.31. The number of aliphatic hydroxyl groups excluding tert-OH is 2. The minimum Gasteiger partial charge on any atom is -0.393 e. The van der Waals surface area contributed by atoms with Gasteiger partial charge in [-0.1, -0.05) is 0 Å². The smallest absolute Gasteiger partial charge is 0.393 e. The topological polar surface area (TPSA) is 104 Å². The second-order valence-electron chi connectivity index (χ2n) is 6.85. The first kappa shape index (κ1) is 21.5. The van der Waals surface area contributed by atoms with E-state index in [2.05, 4.69) is 25.5 Å². The molecule has 164 valence electrons. The maximum Gasteiger partial charge on any atom is 0.416 e. The van der Waals surface area contributed by atoms with E-state index in [4.69, 9.17) is 5.11 Å². The summed E-state index contributed by atoms with van der Waals surface area (Å²) in [4.78, 5) is 8.20. The summed E-state index contributed by atoms with van der Waals surface area (Å²) < 4.78 is 52.7. The number of aliphatic hydroxyl groups is 2. The number of halogens is 4. The second-order valence-corrected chi connectivity index (χ2v) is 6.85. The fourth-order valence-electron chi connectivity index (χ4n) is 3.01. The highest BCUT2D eigenvalue weighted by atomic mass is 19.4. The van der Waals surface area contributed by atoms with Gasteiger partial charge in [0.2, 0.25) is 0 Å². The largest absolute Gasteiger partial charge is 0.416 e. The zero-order valence-electron chi connectivity index (χ0n) is 16.2. The van der Waals surface area contributed by atoms with Crippen molar-refractivity contribution in [1.82, 2.24) is 20.2 Å². The van der Waals surface area contributed by atoms with Gasteiger partial charge in [0.15, 0.2) is 11.6 Å². The number of fused-ring (bicyclic) bond motifs is 1. The molecule has 4 rings (SSSR count). The molecule has 0 unspecified atom stereocenters. The van der Waals surface area contributed by atoms with Crippen molar-refractivity contribution in [2.24, 2.45) is 0 Å². The number of pyridine rings is 2. The van der Waals surface area contributed by atoms with Crippen LogP contribution in [0.4, 0.5) is 29.1 Å². The van der Waals surface area contributed by atoms with Crippen molar-refractivity contribution >= 4 is 22.3 Å². The molecule has 4 aromatic rings. The lowest BCUT2D eigenvalue weighted by Crippen LogP contribution is -2.05. The van der Waals surface area contributed by atoms with E-state index in [1.807, 2.05) is 0 Å². The van der Waals surface area contributed by atoms with Crippen molar-refractivity contribution in [3.63, 3.8) is 0 Å². The predicted octanol–water partition coefficient (Wildman–Crippen LogP) is 4.01. The van der Waals surface area contributed by atoms with Crippen molar-refractivity contribution in [2.75, 3.05) is 11.9 Å². The lowest BCUT2D eigenvalue weighted by Gasteiger charge is -2.11. The third-order valence-electron chi connectivity index (χ3n) is 4.68. The van der Waals surface area contributed by atoms with Crippen molar-refractivity contribution in [1.29, 1.82) is 0 Å². The fraction of sp³-hybridized carbons (Fsp3) is 0.143. The van der Waals surface area contributed by atoms with E-state index in [1.165, 1.54) is 36.8 Å². The molecule has 3 aromatic heterocycles. The van der Waals surface area contributed by atoms with Crippen LogP contribution in [0.15, 0.2) is 55.0 Å². The molecule has 0 fully saturated rings. The van der Waals surface area contributed by atoms with Gasteiger partial charge >= 0.3 is 6.18 Å². The van der Waals surface area contributed by atoms with Crippen LogP contribution in [0.1, 0.15) is 17.2 Å². The van der Waals surface area contributed by atoms with Gasteiger partial charge in [-0.3, -0.25) is 9.97 Å². The molecule has 0 saturated carbocycles. The van der Waals surface area contributed by atoms with Crippen molar-refractivity contribution in [3.05, 3.63) is 71.9 Å². The number of hydrogen-bond acceptors (Lipinski definition) is 7. The number of anilines is 2. The number of nitrogens with zero attached hydrogens (tertiary/aromatic N) is 4. The molecule has 0 aliphatic carbocycles. The van der Waals surface area contributed by atoms with E-state index in [1.54, 1.807) is 0 Å². The highest BCUT2D eigenvalue weighted by molar-refractivity contribution is 5.93. The van der Waals surface area contributed by atoms with Crippen LogP contribution in [0.3, 0.4) is 0 Å². The Kier molecular flexibility index (Phi) is 5.68. The summed E-state index contributed by atoms with van der Waals surface area (Å²) in [7, 11) is 0. The van der Waals surface area contributed by atoms with Crippen molar-refractivity contribution in [3.8, 4) is 11.4 Å². The first-order valence-corrected chi connectivity index (χ1v) is 9.26. The molecule has 0 aliphatic rings. The molecule has 1 aromatic carbocycles. The SMILES string of the molecule is OC[C@H](O)c1cnc(-c2cc3cnnc(Nc4ccc(C(F)(F)F)cc4)c3cn2)c(F)c1. The molecule has 7 nitrogen and oxygen atoms in total. The zero-order chi connectivity index (χ0) is 22.9. The van der Waals surface area contributed by atoms with Gasteiger partial charge in [-0.2, -0.15) is 18.3 Å². The monoisotopic (exact) mass is 445 g/mol. The first-order chi connectivity index (χ1) is 15.3. The van der Waals surface area contributed by atoms with Crippen LogP contribution in [-0.2, 0) is 6.18 Å². The van der Waals surface area contributed by atoms with Crippen LogP contribution >= 0.6 is 0 Å². The molecule has 11 heteroatoms. The van der Waals surface area contributed by atoms with E-state index >= 15 is 0 Å². The molecule has 3 heterocycles. The predicted molar refractivity (Wildman–Crippen MR) is 107 cm³/mol. The lowest BCUT2D eigenvalue weighted by atomic mass is 10.1. The standard InChI is InChI=1S/C21H15F4N5O2/c22-16-5-12(18(32)10-31)7-27-19(16)17-6-11-8-28-30-20(15(11)9-26-17)29-14-3-1-13(2-4-14)21(23,24)25/h1-9,18,31-32H,10H2,(H,29,30)/t18-/m0/s1. The van der Waals surface area contributed by atoms with E-state index in [0.29, 0.717) is 16.5 Å². The third-order valence-corrected chi connectivity index (χ3v) is 4.68. The van der Waals surface area contributed by atoms with Crippen LogP contribution in [0.2, 0.25) is 0 Å². The number of aromatic nitrogens is 4. The molecule has 3 N–H and O–H groups in total.